The fourth-order valence-corrected chi connectivity index (χ4v) is 1.84. The lowest BCUT2D eigenvalue weighted by Crippen LogP contribution is -2.02. The molecule has 3 N–H and O–H groups in total. The van der Waals surface area contributed by atoms with Gasteiger partial charge in [0.2, 0.25) is 3.79 Å². The van der Waals surface area contributed by atoms with Crippen molar-refractivity contribution in [1.82, 2.24) is 15.2 Å². The molecule has 0 aliphatic heterocycles. The van der Waals surface area contributed by atoms with Crippen LogP contribution in [0.5, 0.6) is 5.75 Å². The van der Waals surface area contributed by atoms with Crippen molar-refractivity contribution in [2.45, 2.75) is 3.79 Å². The zero-order chi connectivity index (χ0) is 14.2. The molecule has 0 radical (unpaired) electrons. The van der Waals surface area contributed by atoms with E-state index in [1.807, 2.05) is 0 Å². The van der Waals surface area contributed by atoms with E-state index >= 15 is 0 Å². The normalized spacial score (nSPS) is 11.6. The molecule has 0 bridgehead atoms. The molecule has 1 aromatic heterocycles. The van der Waals surface area contributed by atoms with Crippen molar-refractivity contribution in [2.24, 2.45) is 0 Å². The van der Waals surface area contributed by atoms with Crippen molar-refractivity contribution < 1.29 is 4.74 Å². The Bertz CT molecular complexity index is 608. The third-order valence-corrected chi connectivity index (χ3v) is 3.18. The summed E-state index contributed by atoms with van der Waals surface area (Å²) in [5.74, 6) is 0.861. The van der Waals surface area contributed by atoms with E-state index in [0.717, 1.165) is 0 Å². The van der Waals surface area contributed by atoms with Crippen LogP contribution in [-0.2, 0) is 3.79 Å². The van der Waals surface area contributed by atoms with E-state index in [0.29, 0.717) is 27.8 Å². The summed E-state index contributed by atoms with van der Waals surface area (Å²) in [6.45, 7) is 0. The maximum atomic E-state index is 5.96. The van der Waals surface area contributed by atoms with Gasteiger partial charge >= 0.3 is 0 Å². The van der Waals surface area contributed by atoms with Crippen LogP contribution in [0.1, 0.15) is 5.82 Å². The lowest BCUT2D eigenvalue weighted by atomic mass is 10.1. The maximum Gasteiger partial charge on any atom is 0.249 e. The molecule has 0 spiro atoms. The van der Waals surface area contributed by atoms with Gasteiger partial charge in [-0.2, -0.15) is 5.10 Å². The molecule has 0 amide bonds. The number of aromatic amines is 1. The minimum Gasteiger partial charge on any atom is -0.496 e. The van der Waals surface area contributed by atoms with Crippen molar-refractivity contribution in [1.29, 1.82) is 0 Å². The number of hydrogen-bond donors (Lipinski definition) is 2. The Balaban J connectivity index is 2.53. The predicted molar refractivity (Wildman–Crippen MR) is 77.0 cm³/mol. The number of anilines is 1. The Morgan fingerprint density at radius 3 is 2.53 bits per heavy atom. The molecule has 0 aliphatic carbocycles. The smallest absolute Gasteiger partial charge is 0.249 e. The second-order valence-electron chi connectivity index (χ2n) is 3.58. The van der Waals surface area contributed by atoms with Crippen LogP contribution in [0.15, 0.2) is 12.1 Å². The number of nitrogen functional groups attached to an aromatic ring is 1. The zero-order valence-corrected chi connectivity index (χ0v) is 12.6. The first-order chi connectivity index (χ1) is 8.82. The standard InChI is InChI=1S/C10H8Cl4N4O/c1-19-7-3-6(15)5(11)2-4(7)8-16-9(18-17-8)10(12,13)14/h2-3H,15H2,1H3,(H,16,17,18). The van der Waals surface area contributed by atoms with Gasteiger partial charge < -0.3 is 10.5 Å². The third-order valence-electron chi connectivity index (χ3n) is 2.31. The van der Waals surface area contributed by atoms with Gasteiger partial charge in [-0.3, -0.25) is 5.10 Å². The van der Waals surface area contributed by atoms with Crippen molar-refractivity contribution in [2.75, 3.05) is 12.8 Å². The van der Waals surface area contributed by atoms with E-state index in [1.165, 1.54) is 7.11 Å². The number of rotatable bonds is 2. The minimum absolute atomic E-state index is 0.0995. The van der Waals surface area contributed by atoms with E-state index < -0.39 is 3.79 Å². The van der Waals surface area contributed by atoms with Gasteiger partial charge in [0.15, 0.2) is 11.6 Å². The molecule has 102 valence electrons. The molecular formula is C10H8Cl4N4O. The van der Waals surface area contributed by atoms with Crippen LogP contribution in [0, 0.1) is 0 Å². The van der Waals surface area contributed by atoms with Crippen LogP contribution in [0.4, 0.5) is 5.69 Å². The molecular weight excluding hydrogens is 334 g/mol. The summed E-state index contributed by atoms with van der Waals surface area (Å²) in [6.07, 6.45) is 0. The van der Waals surface area contributed by atoms with Crippen LogP contribution in [-0.4, -0.2) is 22.3 Å². The van der Waals surface area contributed by atoms with Crippen LogP contribution in [0.2, 0.25) is 5.02 Å². The number of ether oxygens (including phenoxy) is 1. The van der Waals surface area contributed by atoms with E-state index in [4.69, 9.17) is 56.9 Å². The molecule has 0 saturated carbocycles. The van der Waals surface area contributed by atoms with E-state index in [9.17, 15) is 0 Å². The number of halogens is 4. The lowest BCUT2D eigenvalue weighted by Gasteiger charge is -2.08. The Kier molecular flexibility index (Phi) is 4.01. The average Bonchev–Trinajstić information content (AvgIpc) is 2.81. The van der Waals surface area contributed by atoms with Gasteiger partial charge in [0, 0.05) is 6.07 Å². The Morgan fingerprint density at radius 1 is 1.32 bits per heavy atom. The topological polar surface area (TPSA) is 76.8 Å². The highest BCUT2D eigenvalue weighted by Gasteiger charge is 2.28. The number of methoxy groups -OCH3 is 1. The number of nitrogens with zero attached hydrogens (tertiary/aromatic N) is 2. The summed E-state index contributed by atoms with van der Waals surface area (Å²) >= 11 is 23.1. The fourth-order valence-electron chi connectivity index (χ4n) is 1.42. The minimum atomic E-state index is -1.68. The summed E-state index contributed by atoms with van der Waals surface area (Å²) in [7, 11) is 1.49. The number of benzene rings is 1. The number of alkyl halides is 3. The molecule has 2 aromatic rings. The van der Waals surface area contributed by atoms with Gasteiger partial charge in [0.05, 0.1) is 23.4 Å². The largest absolute Gasteiger partial charge is 0.496 e. The first kappa shape index (κ1) is 14.5. The summed E-state index contributed by atoms with van der Waals surface area (Å²) < 4.78 is 3.51. The van der Waals surface area contributed by atoms with Crippen molar-refractivity contribution in [3.8, 4) is 17.1 Å². The number of H-pyrrole nitrogens is 1. The quantitative estimate of drug-likeness (QED) is 0.647. The van der Waals surface area contributed by atoms with Gasteiger partial charge in [0.25, 0.3) is 0 Å². The molecule has 0 unspecified atom stereocenters. The first-order valence-corrected chi connectivity index (χ1v) is 6.47. The summed E-state index contributed by atoms with van der Waals surface area (Å²) in [5.41, 5.74) is 6.62. The molecule has 2 rings (SSSR count). The van der Waals surface area contributed by atoms with Gasteiger partial charge in [-0.15, -0.1) is 0 Å². The van der Waals surface area contributed by atoms with Gasteiger partial charge in [-0.25, -0.2) is 4.98 Å². The van der Waals surface area contributed by atoms with Gasteiger partial charge in [0.1, 0.15) is 5.75 Å². The van der Waals surface area contributed by atoms with Gasteiger partial charge in [-0.05, 0) is 6.07 Å². The maximum absolute atomic E-state index is 5.96. The number of hydrogen-bond acceptors (Lipinski definition) is 4. The molecule has 9 heteroatoms. The van der Waals surface area contributed by atoms with Crippen LogP contribution in [0.25, 0.3) is 11.4 Å². The lowest BCUT2D eigenvalue weighted by molar-refractivity contribution is 0.416. The average molecular weight is 342 g/mol. The fraction of sp³-hybridized carbons (Fsp3) is 0.200. The molecule has 0 atom stereocenters. The van der Waals surface area contributed by atoms with E-state index in [-0.39, 0.29) is 5.82 Å². The summed E-state index contributed by atoms with van der Waals surface area (Å²) in [5, 5.41) is 6.86. The molecule has 0 fully saturated rings. The molecule has 0 saturated heterocycles. The summed E-state index contributed by atoms with van der Waals surface area (Å²) in [6, 6.07) is 3.16. The molecule has 19 heavy (non-hydrogen) atoms. The highest BCUT2D eigenvalue weighted by molar-refractivity contribution is 6.66. The molecule has 1 heterocycles. The number of nitrogens with one attached hydrogen (secondary N) is 1. The summed E-state index contributed by atoms with van der Waals surface area (Å²) in [4.78, 5) is 4.09. The Morgan fingerprint density at radius 2 is 2.00 bits per heavy atom. The van der Waals surface area contributed by atoms with Crippen molar-refractivity contribution in [3.05, 3.63) is 23.0 Å². The number of nitrogens with two attached hydrogens (primary N) is 1. The molecule has 1 aromatic carbocycles. The van der Waals surface area contributed by atoms with Crippen LogP contribution >= 0.6 is 46.4 Å². The number of aromatic nitrogens is 3. The van der Waals surface area contributed by atoms with Crippen molar-refractivity contribution >= 4 is 52.1 Å². The zero-order valence-electron chi connectivity index (χ0n) is 9.55. The third kappa shape index (κ3) is 3.00. The second-order valence-corrected chi connectivity index (χ2v) is 6.27. The Labute approximate surface area is 129 Å². The van der Waals surface area contributed by atoms with Crippen LogP contribution < -0.4 is 10.5 Å². The van der Waals surface area contributed by atoms with E-state index in [1.54, 1.807) is 12.1 Å². The van der Waals surface area contributed by atoms with E-state index in [2.05, 4.69) is 15.2 Å². The van der Waals surface area contributed by atoms with Crippen molar-refractivity contribution in [3.63, 3.8) is 0 Å². The molecule has 5 nitrogen and oxygen atoms in total. The molecule has 0 aliphatic rings. The Hall–Kier alpha value is -0.880. The SMILES string of the molecule is COc1cc(N)c(Cl)cc1-c1n[nH]c(C(Cl)(Cl)Cl)n1. The highest BCUT2D eigenvalue weighted by Crippen LogP contribution is 2.38. The predicted octanol–water partition coefficient (Wildman–Crippen LogP) is 3.54. The van der Waals surface area contributed by atoms with Gasteiger partial charge in [-0.1, -0.05) is 46.4 Å². The second kappa shape index (κ2) is 5.25. The monoisotopic (exact) mass is 340 g/mol. The highest BCUT2D eigenvalue weighted by atomic mass is 35.6. The first-order valence-electron chi connectivity index (χ1n) is 4.96. The van der Waals surface area contributed by atoms with Crippen LogP contribution in [0.3, 0.4) is 0 Å².